The Bertz CT molecular complexity index is 889. The number of hydrogen-bond acceptors (Lipinski definition) is 6. The third-order valence-electron chi connectivity index (χ3n) is 4.43. The first-order chi connectivity index (χ1) is 12.2. The Balaban J connectivity index is 1.43. The molecule has 1 aliphatic rings. The summed E-state index contributed by atoms with van der Waals surface area (Å²) in [4.78, 5) is 31.6. The summed E-state index contributed by atoms with van der Waals surface area (Å²) in [5, 5.41) is 3.01. The number of anilines is 1. The molecule has 1 amide bonds. The van der Waals surface area contributed by atoms with Crippen molar-refractivity contribution in [1.82, 2.24) is 29.7 Å². The molecule has 1 aliphatic heterocycles. The average Bonchev–Trinajstić information content (AvgIpc) is 3.30. The summed E-state index contributed by atoms with van der Waals surface area (Å²) in [5.74, 6) is 0.818. The second-order valence-corrected chi connectivity index (χ2v) is 6.08. The van der Waals surface area contributed by atoms with E-state index in [9.17, 15) is 4.79 Å². The highest BCUT2D eigenvalue weighted by atomic mass is 16.2. The Morgan fingerprint density at radius 1 is 1.20 bits per heavy atom. The van der Waals surface area contributed by atoms with Crippen LogP contribution in [0.5, 0.6) is 0 Å². The first-order valence-corrected chi connectivity index (χ1v) is 8.39. The van der Waals surface area contributed by atoms with Gasteiger partial charge in [0.05, 0.1) is 0 Å². The lowest BCUT2D eigenvalue weighted by Crippen LogP contribution is -2.38. The molecule has 0 bridgehead atoms. The Kier molecular flexibility index (Phi) is 4.01. The predicted octanol–water partition coefficient (Wildman–Crippen LogP) is 1.09. The van der Waals surface area contributed by atoms with Gasteiger partial charge < -0.3 is 14.6 Å². The minimum atomic E-state index is -0.235. The molecule has 128 valence electrons. The molecule has 4 heterocycles. The first kappa shape index (κ1) is 15.5. The first-order valence-electron chi connectivity index (χ1n) is 8.39. The number of imidazole rings is 1. The van der Waals surface area contributed by atoms with E-state index in [1.54, 1.807) is 24.8 Å². The van der Waals surface area contributed by atoms with Gasteiger partial charge in [-0.05, 0) is 18.4 Å². The summed E-state index contributed by atoms with van der Waals surface area (Å²) in [6.45, 7) is 3.54. The molecule has 8 heteroatoms. The maximum atomic E-state index is 12.3. The van der Waals surface area contributed by atoms with Crippen LogP contribution in [0.15, 0.2) is 37.2 Å². The van der Waals surface area contributed by atoms with E-state index in [2.05, 4.69) is 30.2 Å². The SMILES string of the molecule is CCc1cnc(C(=O)N[C@H]2CCN(c3nccn4ccnc34)C2)nc1. The van der Waals surface area contributed by atoms with Crippen LogP contribution in [0.1, 0.15) is 29.5 Å². The molecule has 0 radical (unpaired) electrons. The number of nitrogens with one attached hydrogen (secondary N) is 1. The van der Waals surface area contributed by atoms with Gasteiger partial charge in [0.2, 0.25) is 5.82 Å². The van der Waals surface area contributed by atoms with Crippen LogP contribution >= 0.6 is 0 Å². The zero-order chi connectivity index (χ0) is 17.2. The number of carbonyl (C=O) groups is 1. The van der Waals surface area contributed by atoms with E-state index >= 15 is 0 Å². The summed E-state index contributed by atoms with van der Waals surface area (Å²) >= 11 is 0. The molecule has 3 aromatic rings. The largest absolute Gasteiger partial charge is 0.351 e. The van der Waals surface area contributed by atoms with Gasteiger partial charge in [0.1, 0.15) is 0 Å². The Morgan fingerprint density at radius 2 is 1.96 bits per heavy atom. The summed E-state index contributed by atoms with van der Waals surface area (Å²) in [6, 6.07) is 0.0407. The highest BCUT2D eigenvalue weighted by molar-refractivity contribution is 5.90. The van der Waals surface area contributed by atoms with E-state index in [1.165, 1.54) is 0 Å². The fourth-order valence-corrected chi connectivity index (χ4v) is 3.04. The molecular weight excluding hydrogens is 318 g/mol. The van der Waals surface area contributed by atoms with Crippen molar-refractivity contribution in [3.8, 4) is 0 Å². The zero-order valence-corrected chi connectivity index (χ0v) is 14.0. The second kappa shape index (κ2) is 6.46. The molecule has 1 atom stereocenters. The molecular formula is C17H19N7O. The fourth-order valence-electron chi connectivity index (χ4n) is 3.04. The molecule has 0 saturated carbocycles. The minimum Gasteiger partial charge on any atom is -0.351 e. The van der Waals surface area contributed by atoms with Crippen molar-refractivity contribution in [2.24, 2.45) is 0 Å². The highest BCUT2D eigenvalue weighted by Crippen LogP contribution is 2.21. The fraction of sp³-hybridized carbons (Fsp3) is 0.353. The van der Waals surface area contributed by atoms with E-state index in [-0.39, 0.29) is 17.8 Å². The molecule has 1 N–H and O–H groups in total. The highest BCUT2D eigenvalue weighted by Gasteiger charge is 2.27. The average molecular weight is 337 g/mol. The number of fused-ring (bicyclic) bond motifs is 1. The number of aromatic nitrogens is 5. The lowest BCUT2D eigenvalue weighted by atomic mass is 10.2. The molecule has 0 spiro atoms. The molecule has 8 nitrogen and oxygen atoms in total. The molecule has 0 aliphatic carbocycles. The van der Waals surface area contributed by atoms with E-state index in [0.29, 0.717) is 6.54 Å². The minimum absolute atomic E-state index is 0.0407. The Hall–Kier alpha value is -3.03. The zero-order valence-electron chi connectivity index (χ0n) is 14.0. The van der Waals surface area contributed by atoms with Crippen LogP contribution in [0.3, 0.4) is 0 Å². The molecule has 1 saturated heterocycles. The van der Waals surface area contributed by atoms with Crippen molar-refractivity contribution in [2.75, 3.05) is 18.0 Å². The molecule has 1 fully saturated rings. The normalized spacial score (nSPS) is 17.2. The summed E-state index contributed by atoms with van der Waals surface area (Å²) in [6.07, 6.45) is 12.4. The van der Waals surface area contributed by atoms with Gasteiger partial charge in [-0.3, -0.25) is 4.79 Å². The van der Waals surface area contributed by atoms with Gasteiger partial charge in [-0.25, -0.2) is 19.9 Å². The third kappa shape index (κ3) is 3.02. The number of carbonyl (C=O) groups excluding carboxylic acids is 1. The van der Waals surface area contributed by atoms with Crippen LogP contribution in [-0.4, -0.2) is 49.4 Å². The van der Waals surface area contributed by atoms with Crippen LogP contribution in [0.2, 0.25) is 0 Å². The van der Waals surface area contributed by atoms with E-state index in [0.717, 1.165) is 36.4 Å². The number of amides is 1. The summed E-state index contributed by atoms with van der Waals surface area (Å²) < 4.78 is 1.94. The predicted molar refractivity (Wildman–Crippen MR) is 92.5 cm³/mol. The van der Waals surface area contributed by atoms with Crippen LogP contribution in [0.4, 0.5) is 5.82 Å². The molecule has 4 rings (SSSR count). The van der Waals surface area contributed by atoms with Crippen LogP contribution in [0, 0.1) is 0 Å². The van der Waals surface area contributed by atoms with Crippen molar-refractivity contribution in [3.63, 3.8) is 0 Å². The lowest BCUT2D eigenvalue weighted by molar-refractivity contribution is 0.0929. The van der Waals surface area contributed by atoms with E-state index in [1.807, 2.05) is 23.7 Å². The molecule has 0 aromatic carbocycles. The maximum absolute atomic E-state index is 12.3. The van der Waals surface area contributed by atoms with Crippen molar-refractivity contribution in [3.05, 3.63) is 48.6 Å². The molecule has 3 aromatic heterocycles. The van der Waals surface area contributed by atoms with Crippen LogP contribution < -0.4 is 10.2 Å². The Morgan fingerprint density at radius 3 is 2.72 bits per heavy atom. The van der Waals surface area contributed by atoms with Crippen molar-refractivity contribution in [2.45, 2.75) is 25.8 Å². The standard InChI is InChI=1S/C17H19N7O/c1-2-12-9-20-14(21-10-12)17(25)22-13-3-6-24(11-13)16-15-18-4-7-23(15)8-5-19-16/h4-5,7-10,13H,2-3,6,11H2,1H3,(H,22,25)/t13-/m0/s1. The van der Waals surface area contributed by atoms with Crippen molar-refractivity contribution < 1.29 is 4.79 Å². The number of nitrogens with zero attached hydrogens (tertiary/aromatic N) is 6. The van der Waals surface area contributed by atoms with Gasteiger partial charge >= 0.3 is 0 Å². The van der Waals surface area contributed by atoms with Gasteiger partial charge in [-0.2, -0.15) is 0 Å². The monoisotopic (exact) mass is 337 g/mol. The van der Waals surface area contributed by atoms with Gasteiger partial charge in [0.15, 0.2) is 11.5 Å². The van der Waals surface area contributed by atoms with Gasteiger partial charge in [0.25, 0.3) is 5.91 Å². The summed E-state index contributed by atoms with van der Waals surface area (Å²) in [7, 11) is 0. The topological polar surface area (TPSA) is 88.3 Å². The lowest BCUT2D eigenvalue weighted by Gasteiger charge is -2.18. The number of rotatable bonds is 4. The van der Waals surface area contributed by atoms with Crippen LogP contribution in [0.25, 0.3) is 5.65 Å². The van der Waals surface area contributed by atoms with E-state index < -0.39 is 0 Å². The van der Waals surface area contributed by atoms with Crippen molar-refractivity contribution >= 4 is 17.4 Å². The van der Waals surface area contributed by atoms with Crippen LogP contribution in [-0.2, 0) is 6.42 Å². The molecule has 25 heavy (non-hydrogen) atoms. The summed E-state index contributed by atoms with van der Waals surface area (Å²) in [5.41, 5.74) is 1.84. The second-order valence-electron chi connectivity index (χ2n) is 6.08. The van der Waals surface area contributed by atoms with Gasteiger partial charge in [0, 0.05) is 56.3 Å². The van der Waals surface area contributed by atoms with Gasteiger partial charge in [-0.1, -0.05) is 6.92 Å². The van der Waals surface area contributed by atoms with Gasteiger partial charge in [-0.15, -0.1) is 0 Å². The van der Waals surface area contributed by atoms with Crippen molar-refractivity contribution in [1.29, 1.82) is 0 Å². The van der Waals surface area contributed by atoms with E-state index in [4.69, 9.17) is 0 Å². The third-order valence-corrected chi connectivity index (χ3v) is 4.43. The number of aryl methyl sites for hydroxylation is 1. The quantitative estimate of drug-likeness (QED) is 0.767. The Labute approximate surface area is 145 Å². The molecule has 0 unspecified atom stereocenters. The smallest absolute Gasteiger partial charge is 0.289 e. The maximum Gasteiger partial charge on any atom is 0.289 e. The number of hydrogen-bond donors (Lipinski definition) is 1.